The molecule has 5 heteroatoms. The fourth-order valence-corrected chi connectivity index (χ4v) is 3.24. The summed E-state index contributed by atoms with van der Waals surface area (Å²) in [6, 6.07) is 18.6. The maximum absolute atomic E-state index is 12.9. The number of alkyl halides is 3. The third kappa shape index (κ3) is 3.16. The van der Waals surface area contributed by atoms with Gasteiger partial charge in [-0.05, 0) is 42.3 Å². The molecule has 0 N–H and O–H groups in total. The highest BCUT2D eigenvalue weighted by Crippen LogP contribution is 2.36. The number of fused-ring (bicyclic) bond motifs is 1. The van der Waals surface area contributed by atoms with Crippen LogP contribution in [0.3, 0.4) is 0 Å². The van der Waals surface area contributed by atoms with Gasteiger partial charge in [-0.15, -0.1) is 0 Å². The lowest BCUT2D eigenvalue weighted by molar-refractivity contribution is -0.137. The molecule has 2 nitrogen and oxygen atoms in total. The lowest BCUT2D eigenvalue weighted by Gasteiger charge is -2.15. The number of rotatable bonds is 2. The molecule has 0 spiro atoms. The summed E-state index contributed by atoms with van der Waals surface area (Å²) in [5.41, 5.74) is 4.92. The van der Waals surface area contributed by atoms with Crippen LogP contribution in [0.2, 0.25) is 0 Å². The van der Waals surface area contributed by atoms with Crippen LogP contribution in [0.1, 0.15) is 11.1 Å². The van der Waals surface area contributed by atoms with Crippen molar-refractivity contribution in [3.8, 4) is 22.4 Å². The molecule has 0 saturated carbocycles. The number of nitrogens with zero attached hydrogens (tertiary/aromatic N) is 2. The second kappa shape index (κ2) is 6.50. The van der Waals surface area contributed by atoms with Crippen molar-refractivity contribution in [2.24, 2.45) is 0 Å². The molecule has 0 saturated heterocycles. The minimum absolute atomic E-state index is 0.642. The van der Waals surface area contributed by atoms with E-state index >= 15 is 0 Å². The molecular formula is C22H15F3N2. The van der Waals surface area contributed by atoms with Crippen LogP contribution < -0.4 is 0 Å². The topological polar surface area (TPSA) is 25.8 Å². The number of halogens is 3. The second-order valence-corrected chi connectivity index (χ2v) is 6.27. The van der Waals surface area contributed by atoms with E-state index in [-0.39, 0.29) is 0 Å². The van der Waals surface area contributed by atoms with E-state index in [9.17, 15) is 13.2 Å². The normalized spacial score (nSPS) is 11.7. The second-order valence-electron chi connectivity index (χ2n) is 6.27. The molecule has 0 aliphatic rings. The number of benzene rings is 2. The largest absolute Gasteiger partial charge is 0.416 e. The molecule has 4 rings (SSSR count). The number of hydrogen-bond donors (Lipinski definition) is 0. The zero-order chi connectivity index (χ0) is 19.0. The first kappa shape index (κ1) is 17.2. The van der Waals surface area contributed by atoms with Crippen molar-refractivity contribution in [2.75, 3.05) is 0 Å². The van der Waals surface area contributed by atoms with Gasteiger partial charge in [0.15, 0.2) is 0 Å². The molecule has 0 bridgehead atoms. The minimum Gasteiger partial charge on any atom is -0.254 e. The third-order valence-corrected chi connectivity index (χ3v) is 4.53. The molecule has 2 aromatic heterocycles. The van der Waals surface area contributed by atoms with Crippen LogP contribution in [0.5, 0.6) is 0 Å². The van der Waals surface area contributed by atoms with Crippen LogP contribution in [0.4, 0.5) is 13.2 Å². The van der Waals surface area contributed by atoms with Crippen molar-refractivity contribution in [1.29, 1.82) is 0 Å². The van der Waals surface area contributed by atoms with Crippen molar-refractivity contribution >= 4 is 11.0 Å². The van der Waals surface area contributed by atoms with Crippen LogP contribution in [0.25, 0.3) is 33.4 Å². The Balaban J connectivity index is 1.96. The molecule has 0 atom stereocenters. The minimum atomic E-state index is -4.36. The summed E-state index contributed by atoms with van der Waals surface area (Å²) < 4.78 is 38.6. The van der Waals surface area contributed by atoms with Gasteiger partial charge in [0.1, 0.15) is 0 Å². The molecule has 0 unspecified atom stereocenters. The van der Waals surface area contributed by atoms with E-state index in [1.165, 1.54) is 12.1 Å². The number of hydrogen-bond acceptors (Lipinski definition) is 2. The molecule has 134 valence electrons. The van der Waals surface area contributed by atoms with Gasteiger partial charge in [-0.2, -0.15) is 13.2 Å². The van der Waals surface area contributed by atoms with Gasteiger partial charge in [0, 0.05) is 17.3 Å². The summed E-state index contributed by atoms with van der Waals surface area (Å²) >= 11 is 0. The predicted octanol–water partition coefficient (Wildman–Crippen LogP) is 6.29. The van der Waals surface area contributed by atoms with Gasteiger partial charge >= 0.3 is 6.18 Å². The van der Waals surface area contributed by atoms with E-state index in [1.807, 2.05) is 43.3 Å². The van der Waals surface area contributed by atoms with Crippen molar-refractivity contribution in [2.45, 2.75) is 13.1 Å². The average Bonchev–Trinajstić information content (AvgIpc) is 2.67. The number of pyridine rings is 2. The molecule has 27 heavy (non-hydrogen) atoms. The summed E-state index contributed by atoms with van der Waals surface area (Å²) in [7, 11) is 0. The first-order valence-electron chi connectivity index (χ1n) is 8.43. The van der Waals surface area contributed by atoms with Gasteiger partial charge in [-0.25, -0.2) is 4.98 Å². The molecule has 0 radical (unpaired) electrons. The Kier molecular flexibility index (Phi) is 4.15. The fourth-order valence-electron chi connectivity index (χ4n) is 3.24. The van der Waals surface area contributed by atoms with E-state index in [0.29, 0.717) is 16.8 Å². The molecular weight excluding hydrogens is 349 g/mol. The summed E-state index contributed by atoms with van der Waals surface area (Å²) in [4.78, 5) is 9.17. The van der Waals surface area contributed by atoms with Crippen LogP contribution >= 0.6 is 0 Å². The molecule has 4 aromatic rings. The molecule has 2 aromatic carbocycles. The van der Waals surface area contributed by atoms with Crippen LogP contribution in [0.15, 0.2) is 72.9 Å². The number of aromatic nitrogens is 2. The molecule has 0 aliphatic carbocycles. The van der Waals surface area contributed by atoms with Crippen molar-refractivity contribution < 1.29 is 13.2 Å². The predicted molar refractivity (Wildman–Crippen MR) is 100 cm³/mol. The zero-order valence-electron chi connectivity index (χ0n) is 14.5. The fraction of sp³-hybridized carbons (Fsp3) is 0.0909. The zero-order valence-corrected chi connectivity index (χ0v) is 14.5. The van der Waals surface area contributed by atoms with Crippen LogP contribution in [0, 0.1) is 6.92 Å². The summed E-state index contributed by atoms with van der Waals surface area (Å²) in [6.07, 6.45) is -2.64. The lowest BCUT2D eigenvalue weighted by Crippen LogP contribution is -2.04. The summed E-state index contributed by atoms with van der Waals surface area (Å²) in [5.74, 6) is 0. The van der Waals surface area contributed by atoms with E-state index in [2.05, 4.69) is 9.97 Å². The smallest absolute Gasteiger partial charge is 0.254 e. The SMILES string of the molecule is Cc1c(-c2ccc(C(F)(F)F)cc2)nc2cccnc2c1-c1ccccc1. The van der Waals surface area contributed by atoms with Gasteiger partial charge in [0.05, 0.1) is 22.3 Å². The Morgan fingerprint density at radius 1 is 0.778 bits per heavy atom. The maximum Gasteiger partial charge on any atom is 0.416 e. The van der Waals surface area contributed by atoms with Gasteiger partial charge in [-0.3, -0.25) is 4.98 Å². The third-order valence-electron chi connectivity index (χ3n) is 4.53. The van der Waals surface area contributed by atoms with E-state index in [1.54, 1.807) is 12.3 Å². The van der Waals surface area contributed by atoms with E-state index < -0.39 is 11.7 Å². The average molecular weight is 364 g/mol. The molecule has 0 amide bonds. The van der Waals surface area contributed by atoms with Gasteiger partial charge in [-0.1, -0.05) is 42.5 Å². The van der Waals surface area contributed by atoms with Crippen LogP contribution in [-0.2, 0) is 6.18 Å². The van der Waals surface area contributed by atoms with Crippen molar-refractivity contribution in [3.63, 3.8) is 0 Å². The Morgan fingerprint density at radius 2 is 1.48 bits per heavy atom. The highest BCUT2D eigenvalue weighted by atomic mass is 19.4. The molecule has 0 fully saturated rings. The quantitative estimate of drug-likeness (QED) is 0.418. The summed E-state index contributed by atoms with van der Waals surface area (Å²) in [5, 5.41) is 0. The lowest BCUT2D eigenvalue weighted by atomic mass is 9.95. The van der Waals surface area contributed by atoms with Crippen molar-refractivity contribution in [1.82, 2.24) is 9.97 Å². The standard InChI is InChI=1S/C22H15F3N2/c1-14-19(15-6-3-2-4-7-15)21-18(8-5-13-26-21)27-20(14)16-9-11-17(12-10-16)22(23,24)25/h2-13H,1H3. The Bertz CT molecular complexity index is 1100. The van der Waals surface area contributed by atoms with Gasteiger partial charge < -0.3 is 0 Å². The first-order valence-corrected chi connectivity index (χ1v) is 8.43. The van der Waals surface area contributed by atoms with Crippen LogP contribution in [-0.4, -0.2) is 9.97 Å². The maximum atomic E-state index is 12.9. The Labute approximate surface area is 154 Å². The highest BCUT2D eigenvalue weighted by molar-refractivity contribution is 5.96. The molecule has 2 heterocycles. The summed E-state index contributed by atoms with van der Waals surface area (Å²) in [6.45, 7) is 1.93. The Morgan fingerprint density at radius 3 is 2.15 bits per heavy atom. The van der Waals surface area contributed by atoms with E-state index in [0.717, 1.165) is 34.3 Å². The van der Waals surface area contributed by atoms with Gasteiger partial charge in [0.25, 0.3) is 0 Å². The van der Waals surface area contributed by atoms with Crippen molar-refractivity contribution in [3.05, 3.63) is 84.1 Å². The molecule has 0 aliphatic heterocycles. The van der Waals surface area contributed by atoms with Gasteiger partial charge in [0.2, 0.25) is 0 Å². The Hall–Kier alpha value is -3.21. The van der Waals surface area contributed by atoms with E-state index in [4.69, 9.17) is 0 Å². The monoisotopic (exact) mass is 364 g/mol. The highest BCUT2D eigenvalue weighted by Gasteiger charge is 2.30. The first-order chi connectivity index (χ1) is 12.9.